The molecule has 0 aromatic carbocycles. The second-order valence-corrected chi connectivity index (χ2v) is 4.23. The number of ether oxygens (including phenoxy) is 1. The number of halogens is 6. The van der Waals surface area contributed by atoms with Crippen LogP contribution in [0.1, 0.15) is 12.8 Å². The van der Waals surface area contributed by atoms with Crippen LogP contribution in [0.25, 0.3) is 0 Å². The van der Waals surface area contributed by atoms with Crippen LogP contribution in [0.2, 0.25) is 0 Å². The maximum Gasteiger partial charge on any atom is 0.409 e. The minimum Gasteiger partial charge on any atom is -0.467 e. The van der Waals surface area contributed by atoms with Gasteiger partial charge in [-0.15, -0.1) is 0 Å². The second-order valence-electron chi connectivity index (χ2n) is 4.23. The quantitative estimate of drug-likeness (QED) is 0.578. The first-order valence-corrected chi connectivity index (χ1v) is 5.52. The van der Waals surface area contributed by atoms with E-state index in [1.807, 2.05) is 0 Å². The highest BCUT2D eigenvalue weighted by atomic mass is 19.4. The van der Waals surface area contributed by atoms with Crippen molar-refractivity contribution >= 4 is 11.9 Å². The molecule has 0 radical (unpaired) electrons. The Balaban J connectivity index is 3.04. The molecule has 1 amide bonds. The van der Waals surface area contributed by atoms with E-state index in [-0.39, 0.29) is 24.3 Å². The van der Waals surface area contributed by atoms with Crippen LogP contribution in [0, 0.1) is 5.92 Å². The molecule has 1 aliphatic heterocycles. The van der Waals surface area contributed by atoms with Crippen LogP contribution in [0.4, 0.5) is 26.3 Å². The molecule has 0 aromatic heterocycles. The van der Waals surface area contributed by atoms with Crippen molar-refractivity contribution in [3.05, 3.63) is 0 Å². The molecule has 1 atom stereocenters. The normalized spacial score (nSPS) is 20.4. The van der Waals surface area contributed by atoms with Gasteiger partial charge in [-0.2, -0.15) is 26.3 Å². The number of methoxy groups -OCH3 is 1. The van der Waals surface area contributed by atoms with Gasteiger partial charge in [-0.05, 0) is 12.8 Å². The minimum atomic E-state index is -5.77. The van der Waals surface area contributed by atoms with Gasteiger partial charge in [0.1, 0.15) is 6.04 Å². The van der Waals surface area contributed by atoms with Crippen molar-refractivity contribution in [3.63, 3.8) is 0 Å². The number of likely N-dealkylation sites (tertiary alicyclic amines) is 1. The summed E-state index contributed by atoms with van der Waals surface area (Å²) in [7, 11) is 0.939. The number of hydrogen-bond acceptors (Lipinski definition) is 3. The Morgan fingerprint density at radius 2 is 1.65 bits per heavy atom. The molecule has 1 rings (SSSR count). The molecule has 1 aliphatic rings. The Hall–Kier alpha value is -1.48. The van der Waals surface area contributed by atoms with Crippen LogP contribution >= 0.6 is 0 Å². The zero-order valence-corrected chi connectivity index (χ0v) is 10.2. The third kappa shape index (κ3) is 3.34. The van der Waals surface area contributed by atoms with E-state index in [4.69, 9.17) is 0 Å². The molecular weight excluding hydrogens is 296 g/mol. The zero-order chi connectivity index (χ0) is 15.7. The third-order valence-electron chi connectivity index (χ3n) is 2.91. The molecule has 0 aromatic rings. The molecule has 20 heavy (non-hydrogen) atoms. The molecule has 1 heterocycles. The fourth-order valence-corrected chi connectivity index (χ4v) is 2.04. The van der Waals surface area contributed by atoms with E-state index in [2.05, 4.69) is 4.74 Å². The largest absolute Gasteiger partial charge is 0.467 e. The summed E-state index contributed by atoms with van der Waals surface area (Å²) in [5.74, 6) is -7.32. The molecular formula is C10H11F6NO3. The van der Waals surface area contributed by atoms with Crippen molar-refractivity contribution in [2.75, 3.05) is 13.7 Å². The van der Waals surface area contributed by atoms with E-state index in [0.29, 0.717) is 0 Å². The third-order valence-corrected chi connectivity index (χ3v) is 2.91. The standard InChI is InChI=1S/C10H11F6NO3/c1-20-8(19)5-3-2-4-17(5)7(18)6(9(11,12)13)10(14,15)16/h5-6H,2-4H2,1H3. The van der Waals surface area contributed by atoms with Crippen LogP contribution in [-0.2, 0) is 14.3 Å². The van der Waals surface area contributed by atoms with Gasteiger partial charge in [0.2, 0.25) is 11.8 Å². The summed E-state index contributed by atoms with van der Waals surface area (Å²) in [5.41, 5.74) is 0. The lowest BCUT2D eigenvalue weighted by Crippen LogP contribution is -2.52. The van der Waals surface area contributed by atoms with Crippen LogP contribution in [0.3, 0.4) is 0 Å². The number of nitrogens with zero attached hydrogens (tertiary/aromatic N) is 1. The Morgan fingerprint density at radius 3 is 2.05 bits per heavy atom. The fraction of sp³-hybridized carbons (Fsp3) is 0.800. The first-order valence-electron chi connectivity index (χ1n) is 5.52. The molecule has 0 N–H and O–H groups in total. The van der Waals surface area contributed by atoms with Crippen LogP contribution in [0.15, 0.2) is 0 Å². The molecule has 0 aliphatic carbocycles. The predicted molar refractivity (Wildman–Crippen MR) is 52.4 cm³/mol. The summed E-state index contributed by atoms with van der Waals surface area (Å²) < 4.78 is 78.9. The highest BCUT2D eigenvalue weighted by molar-refractivity contribution is 5.87. The number of carbonyl (C=O) groups excluding carboxylic acids is 2. The fourth-order valence-electron chi connectivity index (χ4n) is 2.04. The van der Waals surface area contributed by atoms with Crippen molar-refractivity contribution in [1.82, 2.24) is 4.90 Å². The number of carbonyl (C=O) groups is 2. The maximum atomic E-state index is 12.4. The summed E-state index contributed by atoms with van der Waals surface area (Å²) in [6, 6.07) is -1.40. The summed E-state index contributed by atoms with van der Waals surface area (Å²) in [6.07, 6.45) is -11.4. The minimum absolute atomic E-state index is 0.0269. The SMILES string of the molecule is COC(=O)C1CCCN1C(=O)C(C(F)(F)F)C(F)(F)F. The van der Waals surface area contributed by atoms with Gasteiger partial charge in [-0.25, -0.2) is 4.79 Å². The van der Waals surface area contributed by atoms with Crippen molar-refractivity contribution in [3.8, 4) is 0 Å². The van der Waals surface area contributed by atoms with Gasteiger partial charge in [0, 0.05) is 6.54 Å². The number of rotatable bonds is 2. The lowest BCUT2D eigenvalue weighted by molar-refractivity contribution is -0.277. The van der Waals surface area contributed by atoms with Crippen LogP contribution in [-0.4, -0.2) is 48.8 Å². The van der Waals surface area contributed by atoms with E-state index >= 15 is 0 Å². The van der Waals surface area contributed by atoms with Gasteiger partial charge in [0.25, 0.3) is 0 Å². The predicted octanol–water partition coefficient (Wildman–Crippen LogP) is 1.89. The molecule has 0 spiro atoms. The van der Waals surface area contributed by atoms with Crippen molar-refractivity contribution in [2.24, 2.45) is 5.92 Å². The Morgan fingerprint density at radius 1 is 1.15 bits per heavy atom. The maximum absolute atomic E-state index is 12.4. The van der Waals surface area contributed by atoms with E-state index in [1.54, 1.807) is 0 Å². The molecule has 0 bridgehead atoms. The highest BCUT2D eigenvalue weighted by Gasteiger charge is 2.63. The van der Waals surface area contributed by atoms with Gasteiger partial charge in [-0.3, -0.25) is 4.79 Å². The summed E-state index contributed by atoms with van der Waals surface area (Å²) in [6.45, 7) is -0.346. The smallest absolute Gasteiger partial charge is 0.409 e. The molecule has 1 fully saturated rings. The van der Waals surface area contributed by atoms with Crippen LogP contribution in [0.5, 0.6) is 0 Å². The number of esters is 1. The molecule has 4 nitrogen and oxygen atoms in total. The first kappa shape index (κ1) is 16.6. The molecule has 0 saturated carbocycles. The van der Waals surface area contributed by atoms with Gasteiger partial charge >= 0.3 is 18.3 Å². The number of alkyl halides is 6. The van der Waals surface area contributed by atoms with Crippen LogP contribution < -0.4 is 0 Å². The van der Waals surface area contributed by atoms with E-state index in [9.17, 15) is 35.9 Å². The van der Waals surface area contributed by atoms with Crippen molar-refractivity contribution in [1.29, 1.82) is 0 Å². The monoisotopic (exact) mass is 307 g/mol. The number of hydrogen-bond donors (Lipinski definition) is 0. The van der Waals surface area contributed by atoms with Gasteiger partial charge < -0.3 is 9.64 Å². The molecule has 116 valence electrons. The Labute approximate surface area is 109 Å². The summed E-state index contributed by atoms with van der Waals surface area (Å²) in [5, 5.41) is 0. The van der Waals surface area contributed by atoms with Crippen molar-refractivity contribution < 1.29 is 40.7 Å². The highest BCUT2D eigenvalue weighted by Crippen LogP contribution is 2.41. The zero-order valence-electron chi connectivity index (χ0n) is 10.2. The molecule has 1 saturated heterocycles. The van der Waals surface area contributed by atoms with Gasteiger partial charge in [0.05, 0.1) is 7.11 Å². The summed E-state index contributed by atoms with van der Waals surface area (Å²) in [4.78, 5) is 23.1. The average molecular weight is 307 g/mol. The first-order chi connectivity index (χ1) is 9.00. The van der Waals surface area contributed by atoms with Gasteiger partial charge in [0.15, 0.2) is 0 Å². The van der Waals surface area contributed by atoms with E-state index in [0.717, 1.165) is 7.11 Å². The average Bonchev–Trinajstić information content (AvgIpc) is 2.72. The lowest BCUT2D eigenvalue weighted by atomic mass is 10.1. The van der Waals surface area contributed by atoms with Gasteiger partial charge in [-0.1, -0.05) is 0 Å². The van der Waals surface area contributed by atoms with E-state index in [1.165, 1.54) is 0 Å². The van der Waals surface area contributed by atoms with E-state index < -0.39 is 36.2 Å². The lowest BCUT2D eigenvalue weighted by Gasteiger charge is -2.29. The molecule has 10 heteroatoms. The second kappa shape index (κ2) is 5.49. The Bertz CT molecular complexity index is 377. The topological polar surface area (TPSA) is 46.6 Å². The Kier molecular flexibility index (Phi) is 4.55. The molecule has 1 unspecified atom stereocenters. The summed E-state index contributed by atoms with van der Waals surface area (Å²) >= 11 is 0. The van der Waals surface area contributed by atoms with Crippen molar-refractivity contribution in [2.45, 2.75) is 31.2 Å². The number of amides is 1.